The van der Waals surface area contributed by atoms with Crippen LogP contribution in [0, 0.1) is 0 Å². The Bertz CT molecular complexity index is 773. The number of oxime groups is 1. The summed E-state index contributed by atoms with van der Waals surface area (Å²) in [6, 6.07) is 10.8. The van der Waals surface area contributed by atoms with Crippen molar-refractivity contribution in [1.29, 1.82) is 0 Å². The number of carbonyl (C=O) groups is 1. The second kappa shape index (κ2) is 8.24. The molecule has 3 N–H and O–H groups in total. The molecule has 0 aromatic heterocycles. The van der Waals surface area contributed by atoms with Gasteiger partial charge in [-0.3, -0.25) is 4.79 Å². The van der Waals surface area contributed by atoms with Gasteiger partial charge in [-0.05, 0) is 48.5 Å². The van der Waals surface area contributed by atoms with Gasteiger partial charge >= 0.3 is 6.18 Å². The molecule has 0 aliphatic carbocycles. The quantitative estimate of drug-likeness (QED) is 0.467. The molecule has 0 heterocycles. The second-order valence-electron chi connectivity index (χ2n) is 5.10. The van der Waals surface area contributed by atoms with E-state index in [4.69, 9.17) is 15.3 Å². The largest absolute Gasteiger partial charge is 0.497 e. The number of carbonyl (C=O) groups excluding carboxylic acids is 1. The maximum absolute atomic E-state index is 12.5. The van der Waals surface area contributed by atoms with Gasteiger partial charge in [0, 0.05) is 11.3 Å². The Balaban J connectivity index is 1.86. The van der Waals surface area contributed by atoms with Crippen molar-refractivity contribution in [1.82, 2.24) is 0 Å². The van der Waals surface area contributed by atoms with Crippen LogP contribution in [-0.2, 0) is 15.8 Å². The molecule has 0 saturated carbocycles. The van der Waals surface area contributed by atoms with E-state index >= 15 is 0 Å². The highest BCUT2D eigenvalue weighted by atomic mass is 19.4. The molecule has 1 amide bonds. The van der Waals surface area contributed by atoms with E-state index in [0.29, 0.717) is 11.3 Å². The first-order valence-electron chi connectivity index (χ1n) is 7.36. The van der Waals surface area contributed by atoms with E-state index in [2.05, 4.69) is 10.5 Å². The van der Waals surface area contributed by atoms with Crippen molar-refractivity contribution in [3.05, 3.63) is 59.7 Å². The number of nitrogens with zero attached hydrogens (tertiary/aromatic N) is 1. The number of ether oxygens (including phenoxy) is 1. The lowest BCUT2D eigenvalue weighted by Crippen LogP contribution is -2.19. The standard InChI is InChI=1S/C17H16F3N3O3/c1-25-14-8-2-11(3-9-14)16(21)23-26-10-15(24)22-13-6-4-12(5-7-13)17(18,19)20/h2-9H,10H2,1H3,(H2,21,23)(H,22,24). The third-order valence-corrected chi connectivity index (χ3v) is 3.24. The van der Waals surface area contributed by atoms with Crippen LogP contribution in [0.1, 0.15) is 11.1 Å². The van der Waals surface area contributed by atoms with Crippen molar-refractivity contribution >= 4 is 17.4 Å². The highest BCUT2D eigenvalue weighted by Gasteiger charge is 2.29. The molecule has 0 saturated heterocycles. The normalized spacial score (nSPS) is 11.8. The zero-order valence-corrected chi connectivity index (χ0v) is 13.7. The molecule has 0 atom stereocenters. The summed E-state index contributed by atoms with van der Waals surface area (Å²) in [5.41, 5.74) is 5.71. The summed E-state index contributed by atoms with van der Waals surface area (Å²) in [4.78, 5) is 16.6. The molecule has 0 fully saturated rings. The van der Waals surface area contributed by atoms with Crippen molar-refractivity contribution in [2.45, 2.75) is 6.18 Å². The molecule has 26 heavy (non-hydrogen) atoms. The van der Waals surface area contributed by atoms with Crippen molar-refractivity contribution in [2.24, 2.45) is 10.9 Å². The lowest BCUT2D eigenvalue weighted by Gasteiger charge is -2.08. The van der Waals surface area contributed by atoms with Crippen LogP contribution in [0.25, 0.3) is 0 Å². The van der Waals surface area contributed by atoms with E-state index in [9.17, 15) is 18.0 Å². The topological polar surface area (TPSA) is 85.9 Å². The van der Waals surface area contributed by atoms with E-state index in [0.717, 1.165) is 24.3 Å². The Morgan fingerprint density at radius 3 is 2.27 bits per heavy atom. The van der Waals surface area contributed by atoms with Crippen LogP contribution in [0.15, 0.2) is 53.7 Å². The van der Waals surface area contributed by atoms with E-state index in [-0.39, 0.29) is 11.5 Å². The predicted octanol–water partition coefficient (Wildman–Crippen LogP) is 2.99. The molecular weight excluding hydrogens is 351 g/mol. The highest BCUT2D eigenvalue weighted by molar-refractivity contribution is 5.97. The highest BCUT2D eigenvalue weighted by Crippen LogP contribution is 2.29. The number of amides is 1. The van der Waals surface area contributed by atoms with Crippen LogP contribution in [0.2, 0.25) is 0 Å². The number of methoxy groups -OCH3 is 1. The molecule has 2 aromatic rings. The number of nitrogens with two attached hydrogens (primary N) is 1. The molecule has 2 aromatic carbocycles. The third-order valence-electron chi connectivity index (χ3n) is 3.24. The average molecular weight is 367 g/mol. The fourth-order valence-electron chi connectivity index (χ4n) is 1.91. The van der Waals surface area contributed by atoms with Crippen LogP contribution in [0.4, 0.5) is 18.9 Å². The molecule has 0 spiro atoms. The Morgan fingerprint density at radius 2 is 1.73 bits per heavy atom. The monoisotopic (exact) mass is 367 g/mol. The van der Waals surface area contributed by atoms with Gasteiger partial charge in [-0.25, -0.2) is 0 Å². The number of hydrogen-bond donors (Lipinski definition) is 2. The van der Waals surface area contributed by atoms with Gasteiger partial charge in [0.2, 0.25) is 0 Å². The minimum atomic E-state index is -4.43. The van der Waals surface area contributed by atoms with Gasteiger partial charge in [-0.2, -0.15) is 13.2 Å². The summed E-state index contributed by atoms with van der Waals surface area (Å²) in [5.74, 6) is 0.129. The van der Waals surface area contributed by atoms with Crippen molar-refractivity contribution in [3.8, 4) is 5.75 Å². The van der Waals surface area contributed by atoms with Crippen LogP contribution < -0.4 is 15.8 Å². The molecular formula is C17H16F3N3O3. The molecule has 0 aliphatic rings. The van der Waals surface area contributed by atoms with Gasteiger partial charge < -0.3 is 20.6 Å². The van der Waals surface area contributed by atoms with Gasteiger partial charge in [0.15, 0.2) is 12.4 Å². The fourth-order valence-corrected chi connectivity index (χ4v) is 1.91. The van der Waals surface area contributed by atoms with Crippen LogP contribution >= 0.6 is 0 Å². The Kier molecular flexibility index (Phi) is 6.05. The van der Waals surface area contributed by atoms with Crippen LogP contribution in [-0.4, -0.2) is 25.5 Å². The molecule has 6 nitrogen and oxygen atoms in total. The Labute approximate surface area is 147 Å². The number of nitrogens with one attached hydrogen (secondary N) is 1. The number of anilines is 1. The first-order valence-corrected chi connectivity index (χ1v) is 7.36. The number of amidine groups is 1. The molecule has 0 unspecified atom stereocenters. The predicted molar refractivity (Wildman–Crippen MR) is 89.7 cm³/mol. The van der Waals surface area contributed by atoms with Crippen molar-refractivity contribution in [2.75, 3.05) is 19.0 Å². The minimum absolute atomic E-state index is 0.0648. The maximum atomic E-state index is 12.5. The number of rotatable bonds is 6. The van der Waals surface area contributed by atoms with Crippen LogP contribution in [0.3, 0.4) is 0 Å². The average Bonchev–Trinajstić information content (AvgIpc) is 2.61. The van der Waals surface area contributed by atoms with E-state index in [1.54, 1.807) is 24.3 Å². The molecule has 0 bridgehead atoms. The van der Waals surface area contributed by atoms with Gasteiger partial charge in [0.05, 0.1) is 12.7 Å². The summed E-state index contributed by atoms with van der Waals surface area (Å²) in [5, 5.41) is 6.01. The molecule has 9 heteroatoms. The van der Waals surface area contributed by atoms with E-state index < -0.39 is 24.3 Å². The van der Waals surface area contributed by atoms with Crippen molar-refractivity contribution < 1.29 is 27.5 Å². The molecule has 0 aliphatic heterocycles. The zero-order valence-electron chi connectivity index (χ0n) is 13.7. The van der Waals surface area contributed by atoms with Gasteiger partial charge in [-0.15, -0.1) is 0 Å². The summed E-state index contributed by atoms with van der Waals surface area (Å²) < 4.78 is 42.4. The third kappa shape index (κ3) is 5.40. The molecule has 2 rings (SSSR count). The minimum Gasteiger partial charge on any atom is -0.497 e. The number of benzene rings is 2. The smallest absolute Gasteiger partial charge is 0.416 e. The van der Waals surface area contributed by atoms with Crippen LogP contribution in [0.5, 0.6) is 5.75 Å². The first kappa shape index (κ1) is 19.1. The summed E-state index contributed by atoms with van der Waals surface area (Å²) in [6.07, 6.45) is -4.43. The molecule has 0 radical (unpaired) electrons. The van der Waals surface area contributed by atoms with E-state index in [1.165, 1.54) is 7.11 Å². The lowest BCUT2D eigenvalue weighted by molar-refractivity contribution is -0.137. The second-order valence-corrected chi connectivity index (χ2v) is 5.10. The Morgan fingerprint density at radius 1 is 1.12 bits per heavy atom. The number of alkyl halides is 3. The lowest BCUT2D eigenvalue weighted by atomic mass is 10.2. The van der Waals surface area contributed by atoms with E-state index in [1.807, 2.05) is 0 Å². The fraction of sp³-hybridized carbons (Fsp3) is 0.176. The zero-order chi connectivity index (χ0) is 19.2. The van der Waals surface area contributed by atoms with Gasteiger partial charge in [0.25, 0.3) is 5.91 Å². The molecule has 138 valence electrons. The first-order chi connectivity index (χ1) is 12.3. The summed E-state index contributed by atoms with van der Waals surface area (Å²) in [7, 11) is 1.53. The summed E-state index contributed by atoms with van der Waals surface area (Å²) >= 11 is 0. The number of halogens is 3. The Hall–Kier alpha value is -3.23. The van der Waals surface area contributed by atoms with Gasteiger partial charge in [0.1, 0.15) is 5.75 Å². The van der Waals surface area contributed by atoms with Crippen molar-refractivity contribution in [3.63, 3.8) is 0 Å². The SMILES string of the molecule is COc1ccc(/C(N)=N/OCC(=O)Nc2ccc(C(F)(F)F)cc2)cc1. The maximum Gasteiger partial charge on any atom is 0.416 e. The summed E-state index contributed by atoms with van der Waals surface area (Å²) in [6.45, 7) is -0.447. The number of hydrogen-bond acceptors (Lipinski definition) is 4. The van der Waals surface area contributed by atoms with Gasteiger partial charge in [-0.1, -0.05) is 5.16 Å².